The molecule has 0 aliphatic heterocycles. The number of hydrogen-bond acceptors (Lipinski definition) is 8. The summed E-state index contributed by atoms with van der Waals surface area (Å²) in [5, 5.41) is 3.10. The summed E-state index contributed by atoms with van der Waals surface area (Å²) < 4.78 is 10.8. The van der Waals surface area contributed by atoms with Crippen molar-refractivity contribution >= 4 is 17.9 Å². The molecule has 0 aliphatic rings. The van der Waals surface area contributed by atoms with E-state index in [-0.39, 0.29) is 18.4 Å². The van der Waals surface area contributed by atoms with E-state index in [1.54, 1.807) is 19.1 Å². The fourth-order valence-corrected chi connectivity index (χ4v) is 2.44. The first-order chi connectivity index (χ1) is 13.1. The summed E-state index contributed by atoms with van der Waals surface area (Å²) in [6.07, 6.45) is 0.233. The second-order valence-corrected chi connectivity index (χ2v) is 5.67. The van der Waals surface area contributed by atoms with E-state index in [4.69, 9.17) is 9.47 Å². The Balaban J connectivity index is 2.16. The SMILES string of the molecule is CCNc1nc(Oc2ccc(CC(=O)OCC)cc2)nc(N(CC)CC)n1. The van der Waals surface area contributed by atoms with Gasteiger partial charge in [-0.25, -0.2) is 0 Å². The van der Waals surface area contributed by atoms with Crippen molar-refractivity contribution < 1.29 is 14.3 Å². The number of ether oxygens (including phenoxy) is 2. The van der Waals surface area contributed by atoms with Crippen molar-refractivity contribution in [3.05, 3.63) is 29.8 Å². The molecule has 1 heterocycles. The topological polar surface area (TPSA) is 89.5 Å². The van der Waals surface area contributed by atoms with Crippen molar-refractivity contribution in [1.82, 2.24) is 15.0 Å². The van der Waals surface area contributed by atoms with Crippen LogP contribution in [0.15, 0.2) is 24.3 Å². The number of aromatic nitrogens is 3. The number of carbonyl (C=O) groups is 1. The average molecular weight is 373 g/mol. The molecular formula is C19H27N5O3. The Bertz CT molecular complexity index is 733. The first-order valence-electron chi connectivity index (χ1n) is 9.26. The van der Waals surface area contributed by atoms with E-state index < -0.39 is 0 Å². The molecule has 2 aromatic rings. The van der Waals surface area contributed by atoms with E-state index >= 15 is 0 Å². The molecule has 0 saturated heterocycles. The Morgan fingerprint density at radius 2 is 1.74 bits per heavy atom. The van der Waals surface area contributed by atoms with Crippen LogP contribution in [0.5, 0.6) is 11.8 Å². The summed E-state index contributed by atoms with van der Waals surface area (Å²) in [4.78, 5) is 26.7. The maximum absolute atomic E-state index is 11.6. The molecule has 146 valence electrons. The molecule has 1 aromatic carbocycles. The summed E-state index contributed by atoms with van der Waals surface area (Å²) in [7, 11) is 0. The van der Waals surface area contributed by atoms with Gasteiger partial charge in [0, 0.05) is 19.6 Å². The summed E-state index contributed by atoms with van der Waals surface area (Å²) in [5.74, 6) is 1.38. The largest absolute Gasteiger partial charge is 0.466 e. The minimum absolute atomic E-state index is 0.223. The van der Waals surface area contributed by atoms with Crippen LogP contribution in [0.2, 0.25) is 0 Å². The highest BCUT2D eigenvalue weighted by molar-refractivity contribution is 5.72. The molecule has 0 bridgehead atoms. The van der Waals surface area contributed by atoms with Gasteiger partial charge in [0.15, 0.2) is 0 Å². The summed E-state index contributed by atoms with van der Waals surface area (Å²) in [6.45, 7) is 10.5. The second kappa shape index (κ2) is 10.3. The maximum atomic E-state index is 11.6. The van der Waals surface area contributed by atoms with Crippen LogP contribution in [0.25, 0.3) is 0 Å². The molecule has 0 radical (unpaired) electrons. The zero-order valence-corrected chi connectivity index (χ0v) is 16.4. The predicted octanol–water partition coefficient (Wildman–Crippen LogP) is 3.05. The van der Waals surface area contributed by atoms with Gasteiger partial charge < -0.3 is 19.7 Å². The number of nitrogens with one attached hydrogen (secondary N) is 1. The molecule has 0 amide bonds. The van der Waals surface area contributed by atoms with E-state index in [0.717, 1.165) is 18.7 Å². The van der Waals surface area contributed by atoms with Crippen molar-refractivity contribution in [2.45, 2.75) is 34.1 Å². The zero-order chi connectivity index (χ0) is 19.6. The molecular weight excluding hydrogens is 346 g/mol. The highest BCUT2D eigenvalue weighted by Crippen LogP contribution is 2.22. The van der Waals surface area contributed by atoms with E-state index in [2.05, 4.69) is 20.3 Å². The van der Waals surface area contributed by atoms with Crippen LogP contribution in [0.3, 0.4) is 0 Å². The molecule has 0 aliphatic carbocycles. The van der Waals surface area contributed by atoms with Crippen molar-refractivity contribution in [3.63, 3.8) is 0 Å². The lowest BCUT2D eigenvalue weighted by atomic mass is 10.1. The van der Waals surface area contributed by atoms with Gasteiger partial charge in [0.2, 0.25) is 11.9 Å². The number of hydrogen-bond donors (Lipinski definition) is 1. The molecule has 27 heavy (non-hydrogen) atoms. The van der Waals surface area contributed by atoms with E-state index in [0.29, 0.717) is 30.8 Å². The van der Waals surface area contributed by atoms with Crippen LogP contribution in [0.4, 0.5) is 11.9 Å². The normalized spacial score (nSPS) is 10.4. The standard InChI is InChI=1S/C19H27N5O3/c1-5-20-17-21-18(24(6-2)7-3)23-19(22-17)27-15-11-9-14(10-12-15)13-16(25)26-8-4/h9-12H,5-8,13H2,1-4H3,(H,20,21,22,23). The quantitative estimate of drug-likeness (QED) is 0.636. The molecule has 8 nitrogen and oxygen atoms in total. The average Bonchev–Trinajstić information content (AvgIpc) is 2.65. The van der Waals surface area contributed by atoms with Gasteiger partial charge in [0.1, 0.15) is 5.75 Å². The fourth-order valence-electron chi connectivity index (χ4n) is 2.44. The van der Waals surface area contributed by atoms with Gasteiger partial charge in [-0.05, 0) is 45.4 Å². The van der Waals surface area contributed by atoms with Crippen molar-refractivity contribution in [1.29, 1.82) is 0 Å². The molecule has 1 aromatic heterocycles. The smallest absolute Gasteiger partial charge is 0.328 e. The second-order valence-electron chi connectivity index (χ2n) is 5.67. The van der Waals surface area contributed by atoms with Crippen LogP contribution in [-0.2, 0) is 16.0 Å². The van der Waals surface area contributed by atoms with Crippen LogP contribution >= 0.6 is 0 Å². The highest BCUT2D eigenvalue weighted by atomic mass is 16.5. The summed E-state index contributed by atoms with van der Waals surface area (Å²) in [5.41, 5.74) is 0.855. The lowest BCUT2D eigenvalue weighted by Crippen LogP contribution is -2.25. The van der Waals surface area contributed by atoms with E-state index in [1.165, 1.54) is 0 Å². The molecule has 1 N–H and O–H groups in total. The van der Waals surface area contributed by atoms with E-state index in [9.17, 15) is 4.79 Å². The number of esters is 1. The predicted molar refractivity (Wildman–Crippen MR) is 104 cm³/mol. The van der Waals surface area contributed by atoms with Crippen molar-refractivity contribution in [2.24, 2.45) is 0 Å². The molecule has 2 rings (SSSR count). The maximum Gasteiger partial charge on any atom is 0.328 e. The molecule has 0 unspecified atom stereocenters. The van der Waals surface area contributed by atoms with Gasteiger partial charge in [-0.3, -0.25) is 4.79 Å². The van der Waals surface area contributed by atoms with Crippen LogP contribution in [0, 0.1) is 0 Å². The third-order valence-corrected chi connectivity index (χ3v) is 3.77. The number of anilines is 2. The number of benzene rings is 1. The lowest BCUT2D eigenvalue weighted by molar-refractivity contribution is -0.142. The van der Waals surface area contributed by atoms with Crippen LogP contribution in [-0.4, -0.2) is 47.2 Å². The third-order valence-electron chi connectivity index (χ3n) is 3.77. The minimum atomic E-state index is -0.247. The van der Waals surface area contributed by atoms with Gasteiger partial charge in [0.25, 0.3) is 0 Å². The van der Waals surface area contributed by atoms with Gasteiger partial charge in [-0.15, -0.1) is 0 Å². The monoisotopic (exact) mass is 373 g/mol. The fraction of sp³-hybridized carbons (Fsp3) is 0.474. The first-order valence-corrected chi connectivity index (χ1v) is 9.26. The minimum Gasteiger partial charge on any atom is -0.466 e. The highest BCUT2D eigenvalue weighted by Gasteiger charge is 2.13. The summed E-state index contributed by atoms with van der Waals surface area (Å²) in [6, 6.07) is 7.43. The molecule has 0 atom stereocenters. The van der Waals surface area contributed by atoms with Gasteiger partial charge in [-0.2, -0.15) is 15.0 Å². The van der Waals surface area contributed by atoms with Crippen LogP contribution in [0.1, 0.15) is 33.3 Å². The van der Waals surface area contributed by atoms with Crippen LogP contribution < -0.4 is 15.0 Å². The Labute approximate surface area is 159 Å². The van der Waals surface area contributed by atoms with E-state index in [1.807, 2.05) is 37.8 Å². The number of carbonyl (C=O) groups excluding carboxylic acids is 1. The van der Waals surface area contributed by atoms with Crippen molar-refractivity contribution in [2.75, 3.05) is 36.5 Å². The molecule has 8 heteroatoms. The molecule has 0 saturated carbocycles. The zero-order valence-electron chi connectivity index (χ0n) is 16.4. The Kier molecular flexibility index (Phi) is 7.79. The first kappa shape index (κ1) is 20.4. The number of rotatable bonds is 10. The van der Waals surface area contributed by atoms with Crippen molar-refractivity contribution in [3.8, 4) is 11.8 Å². The summed E-state index contributed by atoms with van der Waals surface area (Å²) >= 11 is 0. The molecule has 0 spiro atoms. The Hall–Kier alpha value is -2.90. The molecule has 0 fully saturated rings. The third kappa shape index (κ3) is 6.09. The Morgan fingerprint density at radius 1 is 1.04 bits per heavy atom. The van der Waals surface area contributed by atoms with Gasteiger partial charge in [-0.1, -0.05) is 12.1 Å². The van der Waals surface area contributed by atoms with Gasteiger partial charge in [0.05, 0.1) is 13.0 Å². The number of nitrogens with zero attached hydrogens (tertiary/aromatic N) is 4. The Morgan fingerprint density at radius 3 is 2.33 bits per heavy atom. The lowest BCUT2D eigenvalue weighted by Gasteiger charge is -2.19. The van der Waals surface area contributed by atoms with Gasteiger partial charge >= 0.3 is 12.0 Å².